The molecule has 0 radical (unpaired) electrons. The monoisotopic (exact) mass is 460 g/mol. The van der Waals surface area contributed by atoms with Crippen molar-refractivity contribution in [3.8, 4) is 16.3 Å². The first-order valence-electron chi connectivity index (χ1n) is 10.9. The topological polar surface area (TPSA) is 67.3 Å². The van der Waals surface area contributed by atoms with E-state index in [1.165, 1.54) is 0 Å². The van der Waals surface area contributed by atoms with Gasteiger partial charge in [-0.2, -0.15) is 0 Å². The Labute approximate surface area is 198 Å². The molecule has 0 saturated heterocycles. The number of carbonyl (C=O) groups excluding carboxylic acids is 1. The molecule has 0 spiro atoms. The Hall–Kier alpha value is -3.29. The summed E-state index contributed by atoms with van der Waals surface area (Å²) in [5, 5.41) is 4.20. The summed E-state index contributed by atoms with van der Waals surface area (Å²) in [5.41, 5.74) is 6.10. The zero-order chi connectivity index (χ0) is 23.4. The molecule has 0 bridgehead atoms. The molecule has 6 nitrogen and oxygen atoms in total. The number of carbonyl (C=O) groups is 1. The highest BCUT2D eigenvalue weighted by Gasteiger charge is 2.18. The van der Waals surface area contributed by atoms with Gasteiger partial charge in [-0.1, -0.05) is 24.3 Å². The fourth-order valence-corrected chi connectivity index (χ4v) is 4.25. The highest BCUT2D eigenvalue weighted by molar-refractivity contribution is 7.13. The van der Waals surface area contributed by atoms with Crippen molar-refractivity contribution in [2.75, 3.05) is 27.2 Å². The number of rotatable bonds is 8. The van der Waals surface area contributed by atoms with Crippen molar-refractivity contribution in [1.82, 2.24) is 20.2 Å². The summed E-state index contributed by atoms with van der Waals surface area (Å²) >= 11 is 1.55. The smallest absolute Gasteiger partial charge is 0.252 e. The van der Waals surface area contributed by atoms with Crippen LogP contribution in [-0.2, 0) is 0 Å². The summed E-state index contributed by atoms with van der Waals surface area (Å²) in [5.74, 6) is 0.570. The number of para-hydroxylation sites is 1. The third-order valence-electron chi connectivity index (χ3n) is 5.51. The summed E-state index contributed by atoms with van der Waals surface area (Å²) in [7, 11) is 4.00. The van der Waals surface area contributed by atoms with Gasteiger partial charge in [0.05, 0.1) is 27.6 Å². The van der Waals surface area contributed by atoms with Crippen molar-refractivity contribution < 1.29 is 9.53 Å². The number of hydrogen-bond donors (Lipinski definition) is 1. The number of aryl methyl sites for hydroxylation is 1. The molecule has 7 heteroatoms. The molecule has 4 aromatic rings. The van der Waals surface area contributed by atoms with Crippen LogP contribution in [0.2, 0.25) is 0 Å². The van der Waals surface area contributed by atoms with Crippen LogP contribution >= 0.6 is 11.3 Å². The van der Waals surface area contributed by atoms with Crippen molar-refractivity contribution in [1.29, 1.82) is 0 Å². The number of amides is 1. The van der Waals surface area contributed by atoms with E-state index in [1.54, 1.807) is 16.8 Å². The Kier molecular flexibility index (Phi) is 7.01. The minimum Gasteiger partial charge on any atom is -0.492 e. The largest absolute Gasteiger partial charge is 0.492 e. The van der Waals surface area contributed by atoms with E-state index >= 15 is 0 Å². The van der Waals surface area contributed by atoms with Crippen molar-refractivity contribution in [2.24, 2.45) is 0 Å². The van der Waals surface area contributed by atoms with Crippen LogP contribution < -0.4 is 10.1 Å². The molecule has 2 aromatic heterocycles. The maximum absolute atomic E-state index is 13.2. The quantitative estimate of drug-likeness (QED) is 0.396. The fraction of sp³-hybridized carbons (Fsp3) is 0.269. The predicted molar refractivity (Wildman–Crippen MR) is 134 cm³/mol. The molecule has 2 aromatic carbocycles. The van der Waals surface area contributed by atoms with Crippen LogP contribution in [0.25, 0.3) is 21.5 Å². The van der Waals surface area contributed by atoms with E-state index in [1.807, 2.05) is 76.6 Å². The van der Waals surface area contributed by atoms with E-state index in [4.69, 9.17) is 9.72 Å². The van der Waals surface area contributed by atoms with Gasteiger partial charge in [-0.15, -0.1) is 11.3 Å². The first-order chi connectivity index (χ1) is 15.9. The lowest BCUT2D eigenvalue weighted by Crippen LogP contribution is -2.27. The number of nitrogens with zero attached hydrogens (tertiary/aromatic N) is 3. The zero-order valence-electron chi connectivity index (χ0n) is 19.3. The number of nitrogens with one attached hydrogen (secondary N) is 1. The minimum absolute atomic E-state index is 0.127. The Bertz CT molecular complexity index is 1250. The van der Waals surface area contributed by atoms with E-state index in [-0.39, 0.29) is 11.9 Å². The number of ether oxygens (including phenoxy) is 1. The van der Waals surface area contributed by atoms with Crippen molar-refractivity contribution in [2.45, 2.75) is 19.9 Å². The summed E-state index contributed by atoms with van der Waals surface area (Å²) in [6.45, 7) is 5.32. The Morgan fingerprint density at radius 3 is 2.76 bits per heavy atom. The lowest BCUT2D eigenvalue weighted by atomic mass is 10.0. The predicted octanol–water partition coefficient (Wildman–Crippen LogP) is 5.10. The van der Waals surface area contributed by atoms with Crippen LogP contribution in [0.4, 0.5) is 0 Å². The molecule has 1 N–H and O–H groups in total. The van der Waals surface area contributed by atoms with E-state index in [0.29, 0.717) is 17.9 Å². The molecular formula is C26H28N4O2S. The summed E-state index contributed by atoms with van der Waals surface area (Å²) in [4.78, 5) is 25.3. The van der Waals surface area contributed by atoms with E-state index < -0.39 is 0 Å². The molecule has 33 heavy (non-hydrogen) atoms. The van der Waals surface area contributed by atoms with Crippen LogP contribution in [0, 0.1) is 6.92 Å². The van der Waals surface area contributed by atoms with Gasteiger partial charge in [0.25, 0.3) is 5.91 Å². The molecule has 0 aliphatic carbocycles. The molecule has 4 rings (SSSR count). The van der Waals surface area contributed by atoms with E-state index in [0.717, 1.165) is 39.1 Å². The molecule has 0 unspecified atom stereocenters. The van der Waals surface area contributed by atoms with Gasteiger partial charge in [0.15, 0.2) is 0 Å². The van der Waals surface area contributed by atoms with Gasteiger partial charge in [0, 0.05) is 23.7 Å². The Balaban J connectivity index is 1.60. The molecule has 0 aliphatic rings. The Morgan fingerprint density at radius 2 is 2.00 bits per heavy atom. The van der Waals surface area contributed by atoms with Gasteiger partial charge in [0.1, 0.15) is 12.4 Å². The molecular weight excluding hydrogens is 432 g/mol. The second-order valence-corrected chi connectivity index (χ2v) is 9.19. The Morgan fingerprint density at radius 1 is 1.18 bits per heavy atom. The minimum atomic E-state index is -0.213. The molecule has 1 amide bonds. The van der Waals surface area contributed by atoms with Crippen LogP contribution in [-0.4, -0.2) is 48.0 Å². The third kappa shape index (κ3) is 5.38. The van der Waals surface area contributed by atoms with Crippen LogP contribution in [0.15, 0.2) is 60.2 Å². The third-order valence-corrected chi connectivity index (χ3v) is 6.30. The van der Waals surface area contributed by atoms with Crippen LogP contribution in [0.3, 0.4) is 0 Å². The maximum atomic E-state index is 13.2. The highest BCUT2D eigenvalue weighted by atomic mass is 32.1. The lowest BCUT2D eigenvalue weighted by molar-refractivity contribution is 0.0939. The number of fused-ring (bicyclic) bond motifs is 1. The van der Waals surface area contributed by atoms with Gasteiger partial charge in [-0.05, 0) is 63.3 Å². The molecule has 0 fully saturated rings. The van der Waals surface area contributed by atoms with Crippen LogP contribution in [0.1, 0.15) is 34.5 Å². The molecule has 2 heterocycles. The van der Waals surface area contributed by atoms with Crippen molar-refractivity contribution >= 4 is 28.1 Å². The number of hydrogen-bond acceptors (Lipinski definition) is 6. The number of thiazole rings is 1. The van der Waals surface area contributed by atoms with E-state index in [2.05, 4.69) is 21.3 Å². The van der Waals surface area contributed by atoms with Gasteiger partial charge in [-0.3, -0.25) is 9.78 Å². The summed E-state index contributed by atoms with van der Waals surface area (Å²) < 4.78 is 5.83. The van der Waals surface area contributed by atoms with Crippen molar-refractivity contribution in [3.05, 3.63) is 76.9 Å². The van der Waals surface area contributed by atoms with Crippen LogP contribution in [0.5, 0.6) is 5.75 Å². The molecule has 170 valence electrons. The van der Waals surface area contributed by atoms with Gasteiger partial charge < -0.3 is 15.0 Å². The highest BCUT2D eigenvalue weighted by Crippen LogP contribution is 2.30. The molecule has 1 atom stereocenters. The van der Waals surface area contributed by atoms with E-state index in [9.17, 15) is 4.79 Å². The second kappa shape index (κ2) is 10.1. The summed E-state index contributed by atoms with van der Waals surface area (Å²) in [6.07, 6.45) is 1.82. The van der Waals surface area contributed by atoms with Crippen molar-refractivity contribution in [3.63, 3.8) is 0 Å². The SMILES string of the molecule is Cc1ccc(OCCN(C)C)cc1C(=O)N[C@H](C)c1cc(-c2cncs2)nc2ccccc12. The average Bonchev–Trinajstić information content (AvgIpc) is 3.34. The number of aromatic nitrogens is 2. The first kappa shape index (κ1) is 22.9. The zero-order valence-corrected chi connectivity index (χ0v) is 20.1. The second-order valence-electron chi connectivity index (χ2n) is 8.30. The van der Waals surface area contributed by atoms with Gasteiger partial charge in [-0.25, -0.2) is 4.98 Å². The first-order valence-corrected chi connectivity index (χ1v) is 11.8. The lowest BCUT2D eigenvalue weighted by Gasteiger charge is -2.19. The number of benzene rings is 2. The normalized spacial score (nSPS) is 12.2. The number of likely N-dealkylation sites (N-methyl/N-ethyl adjacent to an activating group) is 1. The maximum Gasteiger partial charge on any atom is 0.252 e. The van der Waals surface area contributed by atoms with Gasteiger partial charge >= 0.3 is 0 Å². The molecule has 0 saturated carbocycles. The molecule has 0 aliphatic heterocycles. The summed E-state index contributed by atoms with van der Waals surface area (Å²) in [6, 6.07) is 15.5. The number of pyridine rings is 1. The van der Waals surface area contributed by atoms with Gasteiger partial charge in [0.2, 0.25) is 0 Å². The fourth-order valence-electron chi connectivity index (χ4n) is 3.66. The standard InChI is InChI=1S/C26H28N4O2S/c1-17-9-10-19(32-12-11-30(3)4)13-21(17)26(31)28-18(2)22-14-24(25-15-27-16-33-25)29-23-8-6-5-7-20(22)23/h5-10,13-16,18H,11-12H2,1-4H3,(H,28,31)/t18-/m1/s1. The average molecular weight is 461 g/mol.